The average molecular weight is 556 g/mol. The quantitative estimate of drug-likeness (QED) is 0.337. The van der Waals surface area contributed by atoms with E-state index in [-0.39, 0.29) is 23.0 Å². The Kier molecular flexibility index (Phi) is 8.22. The van der Waals surface area contributed by atoms with E-state index in [1.165, 1.54) is 33.6 Å². The first-order valence-corrected chi connectivity index (χ1v) is 10.7. The highest BCUT2D eigenvalue weighted by Crippen LogP contribution is 2.40. The number of para-hydroxylation sites is 1. The summed E-state index contributed by atoms with van der Waals surface area (Å²) in [5.74, 6) is 0.827. The maximum atomic E-state index is 12.5. The fraction of sp³-hybridized carbons (Fsp3) is 0.227. The summed E-state index contributed by atoms with van der Waals surface area (Å²) < 4.78 is 54.0. The van der Waals surface area contributed by atoms with Crippen LogP contribution in [0.1, 0.15) is 10.4 Å². The molecule has 1 heterocycles. The maximum absolute atomic E-state index is 12.5. The van der Waals surface area contributed by atoms with E-state index in [1.54, 1.807) is 30.3 Å². The zero-order chi connectivity index (χ0) is 25.6. The summed E-state index contributed by atoms with van der Waals surface area (Å²) in [4.78, 5) is 20.9. The van der Waals surface area contributed by atoms with Gasteiger partial charge in [-0.1, -0.05) is 12.1 Å². The smallest absolute Gasteiger partial charge is 0.405 e. The Morgan fingerprint density at radius 3 is 2.29 bits per heavy atom. The fourth-order valence-corrected chi connectivity index (χ4v) is 3.28. The molecule has 0 radical (unpaired) electrons. The first-order chi connectivity index (χ1) is 16.6. The standard InChI is InChI=1S/C22H21BrF3N5O4/c1-33-16-8-12(9-17(34-2)18(16)35-3)29-21-27-10-14(23)19(31-21)30-15-7-5-4-6-13(15)20(32)28-11-22(24,25)26/h4-10H,11H2,1-3H3,(H,28,32)(H2,27,29,30,31). The predicted molar refractivity (Wildman–Crippen MR) is 127 cm³/mol. The molecule has 3 N–H and O–H groups in total. The van der Waals surface area contributed by atoms with Gasteiger partial charge in [-0.2, -0.15) is 18.2 Å². The number of carbonyl (C=O) groups excluding carboxylic acids is 1. The number of hydrogen-bond acceptors (Lipinski definition) is 8. The first kappa shape index (κ1) is 25.9. The van der Waals surface area contributed by atoms with Gasteiger partial charge < -0.3 is 30.2 Å². The van der Waals surface area contributed by atoms with Gasteiger partial charge in [-0.05, 0) is 28.1 Å². The number of ether oxygens (including phenoxy) is 3. The molecule has 1 amide bonds. The van der Waals surface area contributed by atoms with Gasteiger partial charge >= 0.3 is 6.18 Å². The molecule has 0 saturated heterocycles. The number of hydrogen-bond donors (Lipinski definition) is 3. The van der Waals surface area contributed by atoms with Crippen LogP contribution < -0.4 is 30.2 Å². The van der Waals surface area contributed by atoms with E-state index < -0.39 is 18.6 Å². The molecule has 9 nitrogen and oxygen atoms in total. The zero-order valence-corrected chi connectivity index (χ0v) is 20.4. The minimum Gasteiger partial charge on any atom is -0.493 e. The Hall–Kier alpha value is -3.74. The van der Waals surface area contributed by atoms with Gasteiger partial charge in [0.05, 0.1) is 37.1 Å². The molecule has 0 aliphatic heterocycles. The van der Waals surface area contributed by atoms with Crippen LogP contribution in [0.2, 0.25) is 0 Å². The lowest BCUT2D eigenvalue weighted by Gasteiger charge is -2.16. The summed E-state index contributed by atoms with van der Waals surface area (Å²) in [5.41, 5.74) is 0.811. The lowest BCUT2D eigenvalue weighted by atomic mass is 10.1. The van der Waals surface area contributed by atoms with Crippen LogP contribution in [0.15, 0.2) is 47.1 Å². The molecule has 0 spiro atoms. The van der Waals surface area contributed by atoms with Crippen molar-refractivity contribution in [3.8, 4) is 17.2 Å². The largest absolute Gasteiger partial charge is 0.493 e. The van der Waals surface area contributed by atoms with E-state index >= 15 is 0 Å². The second kappa shape index (κ2) is 11.1. The van der Waals surface area contributed by atoms with Gasteiger partial charge in [0.1, 0.15) is 12.4 Å². The summed E-state index contributed by atoms with van der Waals surface area (Å²) in [6.45, 7) is -1.44. The number of carbonyl (C=O) groups is 1. The van der Waals surface area contributed by atoms with E-state index in [0.29, 0.717) is 27.4 Å². The van der Waals surface area contributed by atoms with Crippen molar-refractivity contribution in [2.45, 2.75) is 6.18 Å². The SMILES string of the molecule is COc1cc(Nc2ncc(Br)c(Nc3ccccc3C(=O)NCC(F)(F)F)n2)cc(OC)c1OC. The number of nitrogens with zero attached hydrogens (tertiary/aromatic N) is 2. The van der Waals surface area contributed by atoms with Gasteiger partial charge in [0.15, 0.2) is 11.5 Å². The monoisotopic (exact) mass is 555 g/mol. The van der Waals surface area contributed by atoms with Crippen molar-refractivity contribution in [1.29, 1.82) is 0 Å². The highest BCUT2D eigenvalue weighted by atomic mass is 79.9. The third-order valence-corrected chi connectivity index (χ3v) is 5.12. The summed E-state index contributed by atoms with van der Waals surface area (Å²) in [7, 11) is 4.47. The topological polar surface area (TPSA) is 107 Å². The lowest BCUT2D eigenvalue weighted by molar-refractivity contribution is -0.123. The van der Waals surface area contributed by atoms with Gasteiger partial charge in [0.25, 0.3) is 5.91 Å². The van der Waals surface area contributed by atoms with Crippen LogP contribution in [0.3, 0.4) is 0 Å². The van der Waals surface area contributed by atoms with Crippen LogP contribution in [-0.4, -0.2) is 49.9 Å². The highest BCUT2D eigenvalue weighted by molar-refractivity contribution is 9.10. The van der Waals surface area contributed by atoms with E-state index in [4.69, 9.17) is 14.2 Å². The zero-order valence-electron chi connectivity index (χ0n) is 18.8. The molecule has 0 bridgehead atoms. The summed E-state index contributed by atoms with van der Waals surface area (Å²) in [5, 5.41) is 7.85. The molecule has 2 aromatic carbocycles. The predicted octanol–water partition coefficient (Wildman–Crippen LogP) is 5.04. The minimum atomic E-state index is -4.53. The number of nitrogens with one attached hydrogen (secondary N) is 3. The Morgan fingerprint density at radius 1 is 1.03 bits per heavy atom. The minimum absolute atomic E-state index is 0.0152. The number of anilines is 4. The Morgan fingerprint density at radius 2 is 1.69 bits per heavy atom. The number of alkyl halides is 3. The maximum Gasteiger partial charge on any atom is 0.405 e. The molecule has 0 aliphatic rings. The van der Waals surface area contributed by atoms with Crippen LogP contribution in [-0.2, 0) is 0 Å². The molecule has 0 fully saturated rings. The van der Waals surface area contributed by atoms with Gasteiger partial charge in [0.2, 0.25) is 11.7 Å². The number of rotatable bonds is 9. The Bertz CT molecular complexity index is 1180. The third kappa shape index (κ3) is 6.66. The van der Waals surface area contributed by atoms with Crippen LogP contribution in [0.5, 0.6) is 17.2 Å². The molecule has 35 heavy (non-hydrogen) atoms. The van der Waals surface area contributed by atoms with Crippen LogP contribution in [0.25, 0.3) is 0 Å². The Balaban J connectivity index is 1.86. The van der Waals surface area contributed by atoms with E-state index in [9.17, 15) is 18.0 Å². The molecule has 13 heteroatoms. The van der Waals surface area contributed by atoms with Crippen LogP contribution in [0.4, 0.5) is 36.3 Å². The van der Waals surface area contributed by atoms with Gasteiger partial charge in [0, 0.05) is 24.0 Å². The van der Waals surface area contributed by atoms with Crippen LogP contribution in [0, 0.1) is 0 Å². The molecule has 3 rings (SSSR count). The van der Waals surface area contributed by atoms with Crippen molar-refractivity contribution in [1.82, 2.24) is 15.3 Å². The van der Waals surface area contributed by atoms with Crippen molar-refractivity contribution < 1.29 is 32.2 Å². The van der Waals surface area contributed by atoms with Gasteiger partial charge in [-0.25, -0.2) is 4.98 Å². The second-order valence-electron chi connectivity index (χ2n) is 6.90. The molecule has 0 atom stereocenters. The third-order valence-electron chi connectivity index (χ3n) is 4.54. The Labute approximate surface area is 207 Å². The van der Waals surface area contributed by atoms with Crippen molar-refractivity contribution in [3.63, 3.8) is 0 Å². The number of aromatic nitrogens is 2. The molecule has 186 valence electrons. The second-order valence-corrected chi connectivity index (χ2v) is 7.75. The van der Waals surface area contributed by atoms with E-state index in [2.05, 4.69) is 36.5 Å². The van der Waals surface area contributed by atoms with Gasteiger partial charge in [-0.3, -0.25) is 4.79 Å². The first-order valence-electron chi connectivity index (χ1n) is 9.95. The number of amides is 1. The highest BCUT2D eigenvalue weighted by Gasteiger charge is 2.28. The molecule has 1 aromatic heterocycles. The summed E-state index contributed by atoms with van der Waals surface area (Å²) >= 11 is 3.34. The van der Waals surface area contributed by atoms with Crippen molar-refractivity contribution in [2.24, 2.45) is 0 Å². The van der Waals surface area contributed by atoms with E-state index in [0.717, 1.165) is 0 Å². The molecule has 3 aromatic rings. The lowest BCUT2D eigenvalue weighted by Crippen LogP contribution is -2.34. The normalized spacial score (nSPS) is 10.9. The number of benzene rings is 2. The average Bonchev–Trinajstić information content (AvgIpc) is 2.83. The summed E-state index contributed by atoms with van der Waals surface area (Å²) in [6.07, 6.45) is -3.05. The molecular formula is C22H21BrF3N5O4. The summed E-state index contributed by atoms with van der Waals surface area (Å²) in [6, 6.07) is 9.45. The van der Waals surface area contributed by atoms with E-state index in [1.807, 2.05) is 5.32 Å². The number of halogens is 4. The molecular weight excluding hydrogens is 535 g/mol. The molecule has 0 aliphatic carbocycles. The van der Waals surface area contributed by atoms with Gasteiger partial charge in [-0.15, -0.1) is 0 Å². The van der Waals surface area contributed by atoms with Crippen molar-refractivity contribution >= 4 is 45.0 Å². The molecule has 0 unspecified atom stereocenters. The molecule has 0 saturated carbocycles. The fourth-order valence-electron chi connectivity index (χ4n) is 2.99. The van der Waals surface area contributed by atoms with Crippen molar-refractivity contribution in [2.75, 3.05) is 38.5 Å². The van der Waals surface area contributed by atoms with Crippen molar-refractivity contribution in [3.05, 3.63) is 52.6 Å². The van der Waals surface area contributed by atoms with Crippen LogP contribution >= 0.6 is 15.9 Å². The number of methoxy groups -OCH3 is 3.